The number of benzene rings is 1. The first-order chi connectivity index (χ1) is 17.4. The van der Waals surface area contributed by atoms with E-state index in [1.165, 1.54) is 23.8 Å². The van der Waals surface area contributed by atoms with Crippen molar-refractivity contribution in [1.82, 2.24) is 14.6 Å². The third-order valence-electron chi connectivity index (χ3n) is 5.02. The van der Waals surface area contributed by atoms with Gasteiger partial charge in [0.15, 0.2) is 6.23 Å². The molecule has 1 aliphatic rings. The van der Waals surface area contributed by atoms with Gasteiger partial charge in [-0.3, -0.25) is 23.7 Å². The number of halogens is 1. The van der Waals surface area contributed by atoms with Gasteiger partial charge in [0.1, 0.15) is 11.8 Å². The number of H-pyrrole nitrogens is 1. The lowest BCUT2D eigenvalue weighted by Gasteiger charge is -2.24. The van der Waals surface area contributed by atoms with Crippen molar-refractivity contribution in [2.45, 2.75) is 63.5 Å². The Morgan fingerprint density at radius 2 is 1.92 bits per heavy atom. The molecule has 1 aromatic heterocycles. The van der Waals surface area contributed by atoms with E-state index in [9.17, 15) is 18.9 Å². The third kappa shape index (κ3) is 9.01. The fourth-order valence-corrected chi connectivity index (χ4v) is 5.35. The van der Waals surface area contributed by atoms with E-state index >= 15 is 0 Å². The monoisotopic (exact) mass is 577 g/mol. The maximum Gasteiger partial charge on any atom is 0.459 e. The second kappa shape index (κ2) is 13.6. The molecule has 11 nitrogen and oxygen atoms in total. The molecule has 1 fully saturated rings. The standard InChI is InChI=1S/C22H29ClN3O8P.CH4S/c1-14(2)32-19(28)15(3)25-35(30,34-16-8-6-5-7-9-16)31-13-17-12-22(4,23)20(33-17)26-11-10-18(27)24-21(26)29;1-2/h5-11,14-15,17,20H,12-13H2,1-4H3,(H,25,30)(H,24,27,29);2H,1H3/t15-,17-,20?,22+,35-;/m0./s1. The van der Waals surface area contributed by atoms with Gasteiger partial charge in [-0.05, 0) is 52.5 Å². The number of hydrogen-bond acceptors (Lipinski definition) is 9. The molecule has 0 spiro atoms. The van der Waals surface area contributed by atoms with Crippen LogP contribution in [0.5, 0.6) is 5.75 Å². The summed E-state index contributed by atoms with van der Waals surface area (Å²) < 4.78 is 37.1. The number of para-hydroxylation sites is 1. The number of thiol groups is 1. The van der Waals surface area contributed by atoms with Crippen LogP contribution in [-0.4, -0.2) is 51.5 Å². The Bertz CT molecular complexity index is 1190. The number of carbonyl (C=O) groups excluding carboxylic acids is 1. The molecule has 2 aromatic rings. The molecule has 37 heavy (non-hydrogen) atoms. The molecule has 14 heteroatoms. The zero-order valence-electron chi connectivity index (χ0n) is 21.3. The molecule has 5 atom stereocenters. The number of alkyl halides is 1. The van der Waals surface area contributed by atoms with Crippen molar-refractivity contribution in [1.29, 1.82) is 0 Å². The first-order valence-electron chi connectivity index (χ1n) is 11.5. The Morgan fingerprint density at radius 1 is 1.27 bits per heavy atom. The first-order valence-corrected chi connectivity index (χ1v) is 14.3. The summed E-state index contributed by atoms with van der Waals surface area (Å²) in [6.45, 7) is 6.34. The van der Waals surface area contributed by atoms with Crippen LogP contribution in [0.3, 0.4) is 0 Å². The van der Waals surface area contributed by atoms with E-state index in [-0.39, 0.29) is 24.9 Å². The molecule has 1 saturated heterocycles. The maximum absolute atomic E-state index is 13.6. The highest BCUT2D eigenvalue weighted by Crippen LogP contribution is 2.47. The number of ether oxygens (including phenoxy) is 2. The van der Waals surface area contributed by atoms with Crippen LogP contribution in [0.2, 0.25) is 0 Å². The highest BCUT2D eigenvalue weighted by Gasteiger charge is 2.46. The Balaban J connectivity index is 0.00000235. The summed E-state index contributed by atoms with van der Waals surface area (Å²) in [6.07, 6.45) is 1.28. The fraction of sp³-hybridized carbons (Fsp3) is 0.522. The van der Waals surface area contributed by atoms with Gasteiger partial charge in [0.05, 0.1) is 23.7 Å². The van der Waals surface area contributed by atoms with Gasteiger partial charge in [-0.1, -0.05) is 18.2 Å². The molecule has 0 saturated carbocycles. The molecular formula is C23H33ClN3O8PS. The smallest absolute Gasteiger partial charge is 0.459 e. The van der Waals surface area contributed by atoms with Crippen molar-refractivity contribution in [3.05, 3.63) is 63.4 Å². The van der Waals surface area contributed by atoms with Crippen LogP contribution in [0.4, 0.5) is 0 Å². The zero-order valence-corrected chi connectivity index (χ0v) is 23.8. The topological polar surface area (TPSA) is 138 Å². The molecule has 2 heterocycles. The van der Waals surface area contributed by atoms with Crippen LogP contribution in [0, 0.1) is 0 Å². The van der Waals surface area contributed by atoms with E-state index in [0.717, 1.165) is 0 Å². The molecule has 206 valence electrons. The second-order valence-corrected chi connectivity index (χ2v) is 11.2. The number of aromatic amines is 1. The largest absolute Gasteiger partial charge is 0.462 e. The van der Waals surface area contributed by atoms with Gasteiger partial charge in [-0.2, -0.15) is 17.7 Å². The molecule has 1 unspecified atom stereocenters. The predicted octanol–water partition coefficient (Wildman–Crippen LogP) is 3.50. The van der Waals surface area contributed by atoms with Crippen LogP contribution in [-0.2, 0) is 23.4 Å². The molecular weight excluding hydrogens is 545 g/mol. The number of rotatable bonds is 10. The summed E-state index contributed by atoms with van der Waals surface area (Å²) in [4.78, 5) is 37.0. The van der Waals surface area contributed by atoms with Crippen LogP contribution in [0.15, 0.2) is 52.2 Å². The lowest BCUT2D eigenvalue weighted by atomic mass is 10.1. The van der Waals surface area contributed by atoms with Crippen LogP contribution in [0.1, 0.15) is 40.3 Å². The van der Waals surface area contributed by atoms with Gasteiger partial charge in [-0.15, -0.1) is 11.6 Å². The van der Waals surface area contributed by atoms with Gasteiger partial charge < -0.3 is 14.0 Å². The molecule has 2 N–H and O–H groups in total. The average Bonchev–Trinajstić information content (AvgIpc) is 3.13. The lowest BCUT2D eigenvalue weighted by Crippen LogP contribution is -2.37. The molecule has 0 radical (unpaired) electrons. The third-order valence-corrected chi connectivity index (χ3v) is 7.01. The molecule has 3 rings (SSSR count). The summed E-state index contributed by atoms with van der Waals surface area (Å²) in [5.41, 5.74) is -1.22. The van der Waals surface area contributed by atoms with Crippen molar-refractivity contribution in [3.8, 4) is 5.75 Å². The lowest BCUT2D eigenvalue weighted by molar-refractivity contribution is -0.149. The molecule has 0 aliphatic carbocycles. The average molecular weight is 578 g/mol. The van der Waals surface area contributed by atoms with Crippen molar-refractivity contribution in [3.63, 3.8) is 0 Å². The molecule has 1 aliphatic heterocycles. The predicted molar refractivity (Wildman–Crippen MR) is 143 cm³/mol. The Morgan fingerprint density at radius 3 is 2.51 bits per heavy atom. The second-order valence-electron chi connectivity index (χ2n) is 8.64. The zero-order chi connectivity index (χ0) is 27.8. The van der Waals surface area contributed by atoms with E-state index in [0.29, 0.717) is 0 Å². The van der Waals surface area contributed by atoms with Crippen molar-refractivity contribution < 1.29 is 27.9 Å². The van der Waals surface area contributed by atoms with Crippen LogP contribution < -0.4 is 20.9 Å². The molecule has 1 aromatic carbocycles. The summed E-state index contributed by atoms with van der Waals surface area (Å²) >= 11 is 10.1. The normalized spacial score (nSPS) is 23.5. The van der Waals surface area contributed by atoms with Gasteiger partial charge >= 0.3 is 19.4 Å². The van der Waals surface area contributed by atoms with Gasteiger partial charge in [-0.25, -0.2) is 9.36 Å². The van der Waals surface area contributed by atoms with E-state index in [2.05, 4.69) is 22.7 Å². The number of hydrogen-bond donors (Lipinski definition) is 3. The number of esters is 1. The number of nitrogens with zero attached hydrogens (tertiary/aromatic N) is 1. The van der Waals surface area contributed by atoms with Crippen molar-refractivity contribution in [2.75, 3.05) is 12.9 Å². The van der Waals surface area contributed by atoms with Crippen molar-refractivity contribution in [2.24, 2.45) is 0 Å². The Labute approximate surface area is 225 Å². The van der Waals surface area contributed by atoms with E-state index < -0.39 is 48.2 Å². The quantitative estimate of drug-likeness (QED) is 0.168. The van der Waals surface area contributed by atoms with Crippen LogP contribution >= 0.6 is 32.0 Å². The maximum atomic E-state index is 13.6. The Hall–Kier alpha value is -2.08. The number of carbonyl (C=O) groups is 1. The minimum atomic E-state index is -4.09. The van der Waals surface area contributed by atoms with E-state index in [1.807, 2.05) is 0 Å². The number of nitrogens with one attached hydrogen (secondary N) is 2. The summed E-state index contributed by atoms with van der Waals surface area (Å²) in [7, 11) is -4.09. The van der Waals surface area contributed by atoms with E-state index in [1.54, 1.807) is 57.4 Å². The highest BCUT2D eigenvalue weighted by atomic mass is 35.5. The molecule has 0 bridgehead atoms. The minimum Gasteiger partial charge on any atom is -0.462 e. The first kappa shape index (κ1) is 31.1. The summed E-state index contributed by atoms with van der Waals surface area (Å²) in [5.74, 6) is -0.358. The van der Waals surface area contributed by atoms with E-state index in [4.69, 9.17) is 30.1 Å². The van der Waals surface area contributed by atoms with Crippen molar-refractivity contribution >= 4 is 37.9 Å². The summed E-state index contributed by atoms with van der Waals surface area (Å²) in [6, 6.07) is 8.53. The SMILES string of the molecule is CC(C)OC(=O)[C@H](C)N[P@](=O)(OC[C@@H]1C[C@@](C)(Cl)C(n2ccc(=O)[nH]c2=O)O1)Oc1ccccc1.CS. The van der Waals surface area contributed by atoms with Gasteiger partial charge in [0.2, 0.25) is 0 Å². The Kier molecular flexibility index (Phi) is 11.5. The fourth-order valence-electron chi connectivity index (χ4n) is 3.50. The van der Waals surface area contributed by atoms with Gasteiger partial charge in [0, 0.05) is 12.3 Å². The minimum absolute atomic E-state index is 0.222. The number of aromatic nitrogens is 2. The highest BCUT2D eigenvalue weighted by molar-refractivity contribution is 7.79. The summed E-state index contributed by atoms with van der Waals surface area (Å²) in [5, 5.41) is 2.60. The van der Waals surface area contributed by atoms with Crippen LogP contribution in [0.25, 0.3) is 0 Å². The molecule has 0 amide bonds. The van der Waals surface area contributed by atoms with Gasteiger partial charge in [0.25, 0.3) is 5.56 Å².